The fourth-order valence-electron chi connectivity index (χ4n) is 4.52. The third-order valence-electron chi connectivity index (χ3n) is 6.38. The number of hydrogen-bond donors (Lipinski definition) is 0. The van der Waals surface area contributed by atoms with Gasteiger partial charge in [-0.15, -0.1) is 0 Å². The summed E-state index contributed by atoms with van der Waals surface area (Å²) < 4.78 is 18.3. The van der Waals surface area contributed by atoms with Gasteiger partial charge in [0.1, 0.15) is 5.69 Å². The minimum atomic E-state index is -0.779. The number of aryl methyl sites for hydroxylation is 1. The molecule has 3 heterocycles. The zero-order chi connectivity index (χ0) is 24.2. The van der Waals surface area contributed by atoms with Crippen molar-refractivity contribution in [3.05, 3.63) is 56.9 Å². The third-order valence-corrected chi connectivity index (χ3v) is 6.38. The predicted molar refractivity (Wildman–Crippen MR) is 124 cm³/mol. The van der Waals surface area contributed by atoms with Crippen LogP contribution in [0.5, 0.6) is 0 Å². The Bertz CT molecular complexity index is 1080. The Labute approximate surface area is 197 Å². The van der Waals surface area contributed by atoms with Crippen molar-refractivity contribution < 1.29 is 28.7 Å². The number of ketones is 1. The molecule has 0 aliphatic carbocycles. The summed E-state index contributed by atoms with van der Waals surface area (Å²) in [5.41, 5.74) is 2.52. The molecule has 4 rings (SSSR count). The maximum atomic E-state index is 12.8. The van der Waals surface area contributed by atoms with Crippen molar-refractivity contribution in [2.24, 2.45) is 0 Å². The molecule has 2 saturated heterocycles. The molecule has 1 atom stereocenters. The second kappa shape index (κ2) is 10.4. The van der Waals surface area contributed by atoms with Gasteiger partial charge in [0.2, 0.25) is 5.78 Å². The van der Waals surface area contributed by atoms with Gasteiger partial charge in [0.15, 0.2) is 6.61 Å². The number of ether oxygens (including phenoxy) is 3. The molecule has 182 valence electrons. The second-order valence-corrected chi connectivity index (χ2v) is 8.59. The summed E-state index contributed by atoms with van der Waals surface area (Å²) in [6, 6.07) is 6.02. The van der Waals surface area contributed by atoms with E-state index in [4.69, 9.17) is 14.2 Å². The van der Waals surface area contributed by atoms with Gasteiger partial charge in [-0.3, -0.25) is 14.9 Å². The van der Waals surface area contributed by atoms with E-state index in [0.29, 0.717) is 44.1 Å². The summed E-state index contributed by atoms with van der Waals surface area (Å²) in [5.74, 6) is -1.10. The van der Waals surface area contributed by atoms with E-state index < -0.39 is 17.5 Å². The second-order valence-electron chi connectivity index (χ2n) is 8.59. The Balaban J connectivity index is 1.42. The highest BCUT2D eigenvalue weighted by Gasteiger charge is 2.25. The number of carbonyl (C=O) groups is 2. The van der Waals surface area contributed by atoms with Crippen molar-refractivity contribution >= 4 is 23.1 Å². The number of aromatic nitrogens is 1. The smallest absolute Gasteiger partial charge is 0.338 e. The van der Waals surface area contributed by atoms with Crippen molar-refractivity contribution in [3.8, 4) is 0 Å². The summed E-state index contributed by atoms with van der Waals surface area (Å²) >= 11 is 0. The lowest BCUT2D eigenvalue weighted by molar-refractivity contribution is -0.384. The van der Waals surface area contributed by atoms with Crippen LogP contribution in [0.4, 0.5) is 11.4 Å². The van der Waals surface area contributed by atoms with Crippen LogP contribution in [0.2, 0.25) is 0 Å². The Hall–Kier alpha value is -3.24. The SMILES string of the molecule is Cc1cc(C(=O)COC(=O)c2ccc(N3CCOCC3)c([N+](=O)[O-])c2)c(C)n1C[C@@H]1CCCO1. The molecule has 0 radical (unpaired) electrons. The molecule has 0 amide bonds. The van der Waals surface area contributed by atoms with Crippen molar-refractivity contribution in [2.75, 3.05) is 44.4 Å². The number of Topliss-reactive ketones (excluding diaryl/α,β-unsaturated/α-hetero) is 1. The van der Waals surface area contributed by atoms with Crippen LogP contribution in [0.15, 0.2) is 24.3 Å². The van der Waals surface area contributed by atoms with Gasteiger partial charge in [0.25, 0.3) is 5.69 Å². The summed E-state index contributed by atoms with van der Waals surface area (Å²) in [6.45, 7) is 6.83. The van der Waals surface area contributed by atoms with Crippen LogP contribution in [0.1, 0.15) is 44.9 Å². The van der Waals surface area contributed by atoms with Crippen LogP contribution in [0.3, 0.4) is 0 Å². The molecule has 10 heteroatoms. The first kappa shape index (κ1) is 23.9. The standard InChI is InChI=1S/C24H29N3O7/c1-16-12-20(17(2)26(16)14-19-4-3-9-33-19)23(28)15-34-24(29)18-5-6-21(22(13-18)27(30)31)25-7-10-32-11-8-25/h5-6,12-13,19H,3-4,7-11,14-15H2,1-2H3/t19-/m0/s1. The number of carbonyl (C=O) groups excluding carboxylic acids is 2. The normalized spacial score (nSPS) is 18.2. The maximum Gasteiger partial charge on any atom is 0.338 e. The number of nitrogens with zero attached hydrogens (tertiary/aromatic N) is 3. The van der Waals surface area contributed by atoms with E-state index in [2.05, 4.69) is 4.57 Å². The van der Waals surface area contributed by atoms with Gasteiger partial charge in [0.05, 0.1) is 29.8 Å². The molecule has 0 N–H and O–H groups in total. The van der Waals surface area contributed by atoms with E-state index in [1.54, 1.807) is 12.1 Å². The molecule has 10 nitrogen and oxygen atoms in total. The number of rotatable bonds is 8. The van der Waals surface area contributed by atoms with Gasteiger partial charge < -0.3 is 23.7 Å². The molecular weight excluding hydrogens is 442 g/mol. The quantitative estimate of drug-likeness (QED) is 0.250. The van der Waals surface area contributed by atoms with E-state index >= 15 is 0 Å². The highest BCUT2D eigenvalue weighted by atomic mass is 16.6. The Kier molecular flexibility index (Phi) is 7.28. The van der Waals surface area contributed by atoms with Crippen molar-refractivity contribution in [2.45, 2.75) is 39.3 Å². The third kappa shape index (κ3) is 5.13. The van der Waals surface area contributed by atoms with Crippen LogP contribution in [0, 0.1) is 24.0 Å². The van der Waals surface area contributed by atoms with E-state index in [0.717, 1.165) is 30.8 Å². The average Bonchev–Trinajstić information content (AvgIpc) is 3.46. The zero-order valence-corrected chi connectivity index (χ0v) is 19.5. The average molecular weight is 472 g/mol. The largest absolute Gasteiger partial charge is 0.454 e. The summed E-state index contributed by atoms with van der Waals surface area (Å²) in [7, 11) is 0. The highest BCUT2D eigenvalue weighted by molar-refractivity contribution is 6.00. The number of morpholine rings is 1. The van der Waals surface area contributed by atoms with Gasteiger partial charge in [0, 0.05) is 49.3 Å². The van der Waals surface area contributed by atoms with Gasteiger partial charge in [-0.1, -0.05) is 0 Å². The van der Waals surface area contributed by atoms with E-state index in [1.165, 1.54) is 12.1 Å². The lowest BCUT2D eigenvalue weighted by Crippen LogP contribution is -2.36. The molecule has 0 saturated carbocycles. The number of hydrogen-bond acceptors (Lipinski definition) is 8. The number of nitro benzene ring substituents is 1. The summed E-state index contributed by atoms with van der Waals surface area (Å²) in [4.78, 5) is 38.3. The van der Waals surface area contributed by atoms with Gasteiger partial charge >= 0.3 is 5.97 Å². The molecule has 1 aromatic heterocycles. The van der Waals surface area contributed by atoms with Crippen molar-refractivity contribution in [1.82, 2.24) is 4.57 Å². The molecule has 2 aromatic rings. The molecule has 0 spiro atoms. The maximum absolute atomic E-state index is 12.8. The first-order valence-electron chi connectivity index (χ1n) is 11.4. The molecule has 1 aromatic carbocycles. The minimum absolute atomic E-state index is 0.0281. The van der Waals surface area contributed by atoms with Crippen molar-refractivity contribution in [1.29, 1.82) is 0 Å². The number of benzene rings is 1. The molecule has 0 bridgehead atoms. The molecule has 2 aliphatic rings. The Morgan fingerprint density at radius 2 is 1.94 bits per heavy atom. The van der Waals surface area contributed by atoms with Gasteiger partial charge in [-0.2, -0.15) is 0 Å². The monoisotopic (exact) mass is 471 g/mol. The van der Waals surface area contributed by atoms with Crippen LogP contribution in [-0.2, 0) is 20.8 Å². The lowest BCUT2D eigenvalue weighted by atomic mass is 10.1. The first-order chi connectivity index (χ1) is 16.3. The summed E-state index contributed by atoms with van der Waals surface area (Å²) in [5, 5.41) is 11.6. The van der Waals surface area contributed by atoms with E-state index in [1.807, 2.05) is 18.7 Å². The minimum Gasteiger partial charge on any atom is -0.454 e. The fraction of sp³-hybridized carbons (Fsp3) is 0.500. The lowest BCUT2D eigenvalue weighted by Gasteiger charge is -2.28. The molecule has 2 aliphatic heterocycles. The Morgan fingerprint density at radius 1 is 1.18 bits per heavy atom. The predicted octanol–water partition coefficient (Wildman–Crippen LogP) is 3.07. The van der Waals surface area contributed by atoms with E-state index in [9.17, 15) is 19.7 Å². The van der Waals surface area contributed by atoms with Gasteiger partial charge in [-0.05, 0) is 44.9 Å². The van der Waals surface area contributed by atoms with Crippen LogP contribution >= 0.6 is 0 Å². The van der Waals surface area contributed by atoms with Gasteiger partial charge in [-0.25, -0.2) is 4.79 Å². The summed E-state index contributed by atoms with van der Waals surface area (Å²) in [6.07, 6.45) is 2.17. The number of anilines is 1. The molecule has 34 heavy (non-hydrogen) atoms. The van der Waals surface area contributed by atoms with Crippen molar-refractivity contribution in [3.63, 3.8) is 0 Å². The Morgan fingerprint density at radius 3 is 2.62 bits per heavy atom. The van der Waals surface area contributed by atoms with Crippen LogP contribution in [0.25, 0.3) is 0 Å². The molecular formula is C24H29N3O7. The molecule has 0 unspecified atom stereocenters. The van der Waals surface area contributed by atoms with E-state index in [-0.39, 0.29) is 23.1 Å². The van der Waals surface area contributed by atoms with Crippen LogP contribution < -0.4 is 4.90 Å². The topological polar surface area (TPSA) is 113 Å². The number of nitro groups is 1. The first-order valence-corrected chi connectivity index (χ1v) is 11.4. The highest BCUT2D eigenvalue weighted by Crippen LogP contribution is 2.30. The van der Waals surface area contributed by atoms with Crippen LogP contribution in [-0.4, -0.2) is 66.9 Å². The molecule has 2 fully saturated rings. The fourth-order valence-corrected chi connectivity index (χ4v) is 4.52. The zero-order valence-electron chi connectivity index (χ0n) is 19.5. The number of esters is 1.